The molecule has 48 valence electrons. The van der Waals surface area contributed by atoms with Gasteiger partial charge in [0.15, 0.2) is 0 Å². The van der Waals surface area contributed by atoms with Gasteiger partial charge >= 0.3 is 0 Å². The van der Waals surface area contributed by atoms with E-state index in [9.17, 15) is 0 Å². The molecule has 0 atom stereocenters. The van der Waals surface area contributed by atoms with Gasteiger partial charge in [-0.25, -0.2) is 0 Å². The van der Waals surface area contributed by atoms with Gasteiger partial charge in [-0.05, 0) is 59.6 Å². The monoisotopic (exact) mass is 238 g/mol. The molecule has 0 heterocycles. The van der Waals surface area contributed by atoms with E-state index in [1.165, 1.54) is 12.1 Å². The van der Waals surface area contributed by atoms with Crippen LogP contribution in [0.15, 0.2) is 18.2 Å². The lowest BCUT2D eigenvalue weighted by Crippen LogP contribution is -1.79. The molecule has 0 amide bonds. The predicted octanol–water partition coefficient (Wildman–Crippen LogP) is 2.91. The highest BCUT2D eigenvalue weighted by atomic mass is 127. The maximum absolute atomic E-state index is 7.27. The van der Waals surface area contributed by atoms with Crippen LogP contribution in [0.5, 0.6) is 0 Å². The Morgan fingerprint density at radius 1 is 1.33 bits per heavy atom. The van der Waals surface area contributed by atoms with E-state index in [4.69, 9.17) is 8.22 Å². The lowest BCUT2D eigenvalue weighted by atomic mass is 10.1. The van der Waals surface area contributed by atoms with E-state index in [-0.39, 0.29) is 11.1 Å². The summed E-state index contributed by atoms with van der Waals surface area (Å²) in [6, 6.07) is 4.35. The third-order valence-corrected chi connectivity index (χ3v) is 1.65. The Balaban J connectivity index is 3.41. The molecular formula is C8H9I. The summed E-state index contributed by atoms with van der Waals surface area (Å²) >= 11 is 1.96. The van der Waals surface area contributed by atoms with Crippen molar-refractivity contribution in [3.63, 3.8) is 0 Å². The van der Waals surface area contributed by atoms with Crippen molar-refractivity contribution in [2.45, 2.75) is 13.7 Å². The lowest BCUT2D eigenvalue weighted by molar-refractivity contribution is 1.33. The minimum Gasteiger partial charge on any atom is -0.0580 e. The lowest BCUT2D eigenvalue weighted by Gasteiger charge is -1.97. The maximum Gasteiger partial charge on any atom is 0.0280 e. The third-order valence-electron chi connectivity index (χ3n) is 0.982. The minimum absolute atomic E-state index is 0.0885. The van der Waals surface area contributed by atoms with Crippen molar-refractivity contribution in [2.24, 2.45) is 0 Å². The number of benzene rings is 1. The molecule has 0 aliphatic carbocycles. The van der Waals surface area contributed by atoms with Gasteiger partial charge in [0.25, 0.3) is 0 Å². The first kappa shape index (κ1) is 2.53. The van der Waals surface area contributed by atoms with E-state index >= 15 is 0 Å². The zero-order chi connectivity index (χ0) is 11.9. The van der Waals surface area contributed by atoms with Crippen LogP contribution in [0.1, 0.15) is 19.4 Å². The highest BCUT2D eigenvalue weighted by molar-refractivity contribution is 14.1. The molecule has 9 heavy (non-hydrogen) atoms. The number of hydrogen-bond donors (Lipinski definition) is 0. The van der Waals surface area contributed by atoms with Crippen LogP contribution in [-0.4, -0.2) is 0 Å². The Labute approximate surface area is 77.9 Å². The Hall–Kier alpha value is -0.0500. The highest BCUT2D eigenvalue weighted by Gasteiger charge is 1.90. The fraction of sp³-hybridized carbons (Fsp3) is 0.250. The van der Waals surface area contributed by atoms with Crippen LogP contribution in [0.4, 0.5) is 0 Å². The average Bonchev–Trinajstić information content (AvgIpc) is 2.00. The number of halogens is 1. The second-order valence-corrected chi connectivity index (χ2v) is 2.94. The quantitative estimate of drug-likeness (QED) is 0.609. The van der Waals surface area contributed by atoms with E-state index in [1.807, 2.05) is 22.6 Å². The second kappa shape index (κ2) is 2.69. The van der Waals surface area contributed by atoms with Gasteiger partial charge in [0.05, 0.1) is 0 Å². The van der Waals surface area contributed by atoms with Gasteiger partial charge in [-0.2, -0.15) is 0 Å². The Kier molecular flexibility index (Phi) is 0.756. The SMILES string of the molecule is [2H]C([2H])([2H])c1ccc(I)cc1C([2H])([2H])[2H]. The van der Waals surface area contributed by atoms with Crippen LogP contribution in [-0.2, 0) is 0 Å². The molecule has 1 aromatic carbocycles. The highest BCUT2D eigenvalue weighted by Crippen LogP contribution is 2.10. The summed E-state index contributed by atoms with van der Waals surface area (Å²) in [5.41, 5.74) is -0.183. The molecule has 1 heteroatoms. The Bertz CT molecular complexity index is 364. The molecule has 0 aromatic heterocycles. The van der Waals surface area contributed by atoms with Crippen LogP contribution in [0.3, 0.4) is 0 Å². The van der Waals surface area contributed by atoms with Gasteiger partial charge in [0.2, 0.25) is 0 Å². The van der Waals surface area contributed by atoms with Crippen LogP contribution < -0.4 is 0 Å². The van der Waals surface area contributed by atoms with Crippen LogP contribution in [0.25, 0.3) is 0 Å². The molecule has 0 aliphatic heterocycles. The van der Waals surface area contributed by atoms with E-state index in [0.29, 0.717) is 3.57 Å². The standard InChI is InChI=1S/C8H9I/c1-6-3-4-8(9)5-7(6)2/h3-5H,1-2H3/i1D3,2D3. The first-order valence-electron chi connectivity index (χ1n) is 5.43. The third kappa shape index (κ3) is 1.68. The predicted molar refractivity (Wildman–Crippen MR) is 48.6 cm³/mol. The summed E-state index contributed by atoms with van der Waals surface area (Å²) < 4.78 is 44.3. The minimum atomic E-state index is -2.38. The van der Waals surface area contributed by atoms with E-state index in [0.717, 1.165) is 0 Å². The number of rotatable bonds is 0. The molecule has 0 nitrogen and oxygen atoms in total. The molecule has 0 spiro atoms. The van der Waals surface area contributed by atoms with E-state index in [2.05, 4.69) is 0 Å². The van der Waals surface area contributed by atoms with Crippen molar-refractivity contribution < 1.29 is 8.22 Å². The van der Waals surface area contributed by atoms with Crippen LogP contribution in [0.2, 0.25) is 0 Å². The van der Waals surface area contributed by atoms with Crippen molar-refractivity contribution in [3.05, 3.63) is 32.9 Å². The Morgan fingerprint density at radius 3 is 2.78 bits per heavy atom. The summed E-state index contributed by atoms with van der Waals surface area (Å²) in [5, 5.41) is 0. The van der Waals surface area contributed by atoms with Crippen molar-refractivity contribution >= 4 is 22.6 Å². The molecule has 0 aliphatic rings. The molecule has 0 saturated heterocycles. The summed E-state index contributed by atoms with van der Waals surface area (Å²) in [5.74, 6) is 0. The van der Waals surface area contributed by atoms with Gasteiger partial charge in [-0.1, -0.05) is 6.07 Å². The zero-order valence-electron chi connectivity index (χ0n) is 10.6. The second-order valence-electron chi connectivity index (χ2n) is 1.69. The summed E-state index contributed by atoms with van der Waals surface area (Å²) in [6.07, 6.45) is 0. The van der Waals surface area contributed by atoms with Crippen molar-refractivity contribution in [1.29, 1.82) is 0 Å². The van der Waals surface area contributed by atoms with Gasteiger partial charge in [-0.3, -0.25) is 0 Å². The fourth-order valence-electron chi connectivity index (χ4n) is 0.516. The topological polar surface area (TPSA) is 0 Å². The Morgan fingerprint density at radius 2 is 2.11 bits per heavy atom. The van der Waals surface area contributed by atoms with Gasteiger partial charge in [0, 0.05) is 11.8 Å². The summed E-state index contributed by atoms with van der Waals surface area (Å²) in [6.45, 7) is -4.76. The van der Waals surface area contributed by atoms with Crippen LogP contribution in [0, 0.1) is 17.3 Å². The smallest absolute Gasteiger partial charge is 0.0280 e. The molecule has 0 fully saturated rings. The van der Waals surface area contributed by atoms with Crippen LogP contribution >= 0.6 is 22.6 Å². The van der Waals surface area contributed by atoms with Crippen molar-refractivity contribution in [2.75, 3.05) is 0 Å². The summed E-state index contributed by atoms with van der Waals surface area (Å²) in [4.78, 5) is 0. The van der Waals surface area contributed by atoms with Crippen molar-refractivity contribution in [3.8, 4) is 0 Å². The molecule has 0 unspecified atom stereocenters. The molecule has 1 aromatic rings. The molecule has 0 saturated carbocycles. The molecule has 0 radical (unpaired) electrons. The van der Waals surface area contributed by atoms with E-state index < -0.39 is 13.7 Å². The number of aryl methyl sites for hydroxylation is 2. The zero-order valence-corrected chi connectivity index (χ0v) is 6.77. The average molecular weight is 238 g/mol. The first-order chi connectivity index (χ1) is 6.62. The maximum atomic E-state index is 7.27. The van der Waals surface area contributed by atoms with Crippen molar-refractivity contribution in [1.82, 2.24) is 0 Å². The van der Waals surface area contributed by atoms with Gasteiger partial charge < -0.3 is 0 Å². The molecular weight excluding hydrogens is 223 g/mol. The molecule has 0 bridgehead atoms. The van der Waals surface area contributed by atoms with Gasteiger partial charge in [-0.15, -0.1) is 0 Å². The fourth-order valence-corrected chi connectivity index (χ4v) is 1.01. The number of hydrogen-bond acceptors (Lipinski definition) is 0. The van der Waals surface area contributed by atoms with E-state index in [1.54, 1.807) is 6.07 Å². The normalized spacial score (nSPS) is 22.3. The first-order valence-corrected chi connectivity index (χ1v) is 3.51. The largest absolute Gasteiger partial charge is 0.0580 e. The summed E-state index contributed by atoms with van der Waals surface area (Å²) in [7, 11) is 0. The molecule has 1 rings (SSSR count). The van der Waals surface area contributed by atoms with Gasteiger partial charge in [0.1, 0.15) is 0 Å². The molecule has 0 N–H and O–H groups in total.